The van der Waals surface area contributed by atoms with Gasteiger partial charge in [-0.1, -0.05) is 122 Å². The molecule has 6 heteroatoms. The molecule has 244 valence electrons. The second-order valence-electron chi connectivity index (χ2n) is 12.0. The van der Waals surface area contributed by atoms with Crippen molar-refractivity contribution in [2.24, 2.45) is 5.92 Å². The quantitative estimate of drug-likeness (QED) is 0.0320. The summed E-state index contributed by atoms with van der Waals surface area (Å²) in [7, 11) is 0. The number of hydrogen-bond donors (Lipinski definition) is 3. The topological polar surface area (TPSA) is 112 Å². The molecule has 3 unspecified atom stereocenters. The SMILES string of the molecule is CCCCCCC(O)C/C=C\CCCCCCC(=O)C(=O)C(CCCCCC/C=C\CC(O)CCCCCC)C(=O)O. The summed E-state index contributed by atoms with van der Waals surface area (Å²) >= 11 is 0. The number of carboxylic acids is 1. The standard InChI is InChI=1S/C36H64O6/c1-3-5-7-19-25-31(37)27-21-15-11-9-13-17-23-29-33(36(41)42)35(40)34(39)30-24-18-14-10-12-16-22-28-32(38)26-20-8-6-4-2/h15-16,21-22,31-33,37-38H,3-14,17-20,23-30H2,1-2H3,(H,41,42)/b21-15-,22-16-. The molecule has 42 heavy (non-hydrogen) atoms. The third-order valence-electron chi connectivity index (χ3n) is 7.96. The number of unbranched alkanes of at least 4 members (excludes halogenated alkanes) is 14. The van der Waals surface area contributed by atoms with E-state index in [0.717, 1.165) is 77.0 Å². The van der Waals surface area contributed by atoms with Gasteiger partial charge in [-0.3, -0.25) is 14.4 Å². The fourth-order valence-corrected chi connectivity index (χ4v) is 5.14. The van der Waals surface area contributed by atoms with Gasteiger partial charge in [0.2, 0.25) is 5.78 Å². The third-order valence-corrected chi connectivity index (χ3v) is 7.96. The smallest absolute Gasteiger partial charge is 0.314 e. The molecule has 0 fully saturated rings. The van der Waals surface area contributed by atoms with Crippen LogP contribution in [0.15, 0.2) is 24.3 Å². The molecule has 3 N–H and O–H groups in total. The van der Waals surface area contributed by atoms with Gasteiger partial charge in [0.05, 0.1) is 12.2 Å². The van der Waals surface area contributed by atoms with E-state index in [2.05, 4.69) is 38.2 Å². The average Bonchev–Trinajstić information content (AvgIpc) is 2.97. The van der Waals surface area contributed by atoms with Crippen molar-refractivity contribution in [3.05, 3.63) is 24.3 Å². The number of carbonyl (C=O) groups is 3. The van der Waals surface area contributed by atoms with Gasteiger partial charge in [0.15, 0.2) is 5.78 Å². The highest BCUT2D eigenvalue weighted by molar-refractivity contribution is 6.40. The highest BCUT2D eigenvalue weighted by Gasteiger charge is 2.30. The van der Waals surface area contributed by atoms with Crippen LogP contribution in [0.1, 0.15) is 168 Å². The zero-order valence-corrected chi connectivity index (χ0v) is 27.1. The number of hydrogen-bond acceptors (Lipinski definition) is 5. The summed E-state index contributed by atoms with van der Waals surface area (Å²) in [5.74, 6) is -3.70. The summed E-state index contributed by atoms with van der Waals surface area (Å²) in [6, 6.07) is 0. The molecule has 0 heterocycles. The van der Waals surface area contributed by atoms with Gasteiger partial charge in [0.1, 0.15) is 5.92 Å². The molecule has 0 aliphatic heterocycles. The summed E-state index contributed by atoms with van der Waals surface area (Å²) in [5.41, 5.74) is 0. The van der Waals surface area contributed by atoms with Gasteiger partial charge in [-0.2, -0.15) is 0 Å². The molecule has 6 nitrogen and oxygen atoms in total. The van der Waals surface area contributed by atoms with Gasteiger partial charge in [0, 0.05) is 6.42 Å². The minimum Gasteiger partial charge on any atom is -0.481 e. The second kappa shape index (κ2) is 29.3. The largest absolute Gasteiger partial charge is 0.481 e. The van der Waals surface area contributed by atoms with Crippen LogP contribution < -0.4 is 0 Å². The lowest BCUT2D eigenvalue weighted by atomic mass is 9.92. The molecular weight excluding hydrogens is 528 g/mol. The Morgan fingerprint density at radius 1 is 0.548 bits per heavy atom. The number of rotatable bonds is 31. The Morgan fingerprint density at radius 2 is 0.976 bits per heavy atom. The average molecular weight is 593 g/mol. The van der Waals surface area contributed by atoms with Crippen LogP contribution in [0.5, 0.6) is 0 Å². The van der Waals surface area contributed by atoms with Crippen molar-refractivity contribution in [2.75, 3.05) is 0 Å². The van der Waals surface area contributed by atoms with Gasteiger partial charge in [-0.25, -0.2) is 0 Å². The van der Waals surface area contributed by atoms with E-state index in [0.29, 0.717) is 25.7 Å². The Hall–Kier alpha value is -1.79. The van der Waals surface area contributed by atoms with Crippen molar-refractivity contribution in [3.63, 3.8) is 0 Å². The van der Waals surface area contributed by atoms with E-state index in [-0.39, 0.29) is 25.0 Å². The zero-order valence-electron chi connectivity index (χ0n) is 27.1. The van der Waals surface area contributed by atoms with E-state index in [1.807, 2.05) is 0 Å². The number of carbonyl (C=O) groups excluding carboxylic acids is 2. The molecule has 0 aromatic heterocycles. The molecule has 0 saturated heterocycles. The van der Waals surface area contributed by atoms with E-state index in [1.165, 1.54) is 38.5 Å². The van der Waals surface area contributed by atoms with Crippen LogP contribution >= 0.6 is 0 Å². The van der Waals surface area contributed by atoms with E-state index in [4.69, 9.17) is 0 Å². The number of Topliss-reactive ketones (excluding diaryl/α,β-unsaturated/α-hetero) is 2. The highest BCUT2D eigenvalue weighted by atomic mass is 16.4. The molecule has 0 aliphatic rings. The highest BCUT2D eigenvalue weighted by Crippen LogP contribution is 2.17. The predicted molar refractivity (Wildman–Crippen MR) is 174 cm³/mol. The van der Waals surface area contributed by atoms with E-state index < -0.39 is 23.5 Å². The number of ketones is 2. The molecule has 0 aromatic carbocycles. The summed E-state index contributed by atoms with van der Waals surface area (Å²) in [4.78, 5) is 36.4. The first kappa shape index (κ1) is 40.2. The van der Waals surface area contributed by atoms with Crippen molar-refractivity contribution in [1.82, 2.24) is 0 Å². The van der Waals surface area contributed by atoms with Gasteiger partial charge >= 0.3 is 5.97 Å². The fourth-order valence-electron chi connectivity index (χ4n) is 5.14. The first-order valence-corrected chi connectivity index (χ1v) is 17.3. The maximum Gasteiger partial charge on any atom is 0.314 e. The van der Waals surface area contributed by atoms with Gasteiger partial charge < -0.3 is 15.3 Å². The lowest BCUT2D eigenvalue weighted by Gasteiger charge is -2.10. The van der Waals surface area contributed by atoms with Crippen LogP contribution in [0, 0.1) is 5.92 Å². The molecule has 0 rings (SSSR count). The number of aliphatic hydroxyl groups is 2. The first-order valence-electron chi connectivity index (χ1n) is 17.3. The van der Waals surface area contributed by atoms with Crippen molar-refractivity contribution < 1.29 is 29.7 Å². The molecule has 0 aromatic rings. The Bertz CT molecular complexity index is 728. The van der Waals surface area contributed by atoms with Crippen LogP contribution in [-0.2, 0) is 14.4 Å². The molecule has 0 bridgehead atoms. The Morgan fingerprint density at radius 3 is 1.45 bits per heavy atom. The van der Waals surface area contributed by atoms with Crippen molar-refractivity contribution in [3.8, 4) is 0 Å². The molecule has 0 saturated carbocycles. The van der Waals surface area contributed by atoms with Crippen LogP contribution in [0.2, 0.25) is 0 Å². The monoisotopic (exact) mass is 592 g/mol. The van der Waals surface area contributed by atoms with E-state index in [9.17, 15) is 29.7 Å². The Kier molecular flexibility index (Phi) is 28.0. The molecule has 0 amide bonds. The lowest BCUT2D eigenvalue weighted by molar-refractivity contribution is -0.150. The van der Waals surface area contributed by atoms with Crippen LogP contribution in [0.3, 0.4) is 0 Å². The maximum atomic E-state index is 12.5. The van der Waals surface area contributed by atoms with Gasteiger partial charge in [0.25, 0.3) is 0 Å². The summed E-state index contributed by atoms with van der Waals surface area (Å²) in [6.45, 7) is 4.36. The second-order valence-corrected chi connectivity index (χ2v) is 12.0. The first-order chi connectivity index (χ1) is 20.3. The number of allylic oxidation sites excluding steroid dienone is 2. The summed E-state index contributed by atoms with van der Waals surface area (Å²) in [6.07, 6.45) is 29.4. The summed E-state index contributed by atoms with van der Waals surface area (Å²) < 4.78 is 0. The molecule has 0 radical (unpaired) electrons. The molecule has 0 aliphatic carbocycles. The van der Waals surface area contributed by atoms with Gasteiger partial charge in [-0.15, -0.1) is 0 Å². The minimum atomic E-state index is -1.22. The minimum absolute atomic E-state index is 0.127. The zero-order chi connectivity index (χ0) is 31.3. The van der Waals surface area contributed by atoms with Crippen LogP contribution in [0.4, 0.5) is 0 Å². The van der Waals surface area contributed by atoms with Crippen LogP contribution in [0.25, 0.3) is 0 Å². The van der Waals surface area contributed by atoms with Crippen molar-refractivity contribution in [1.29, 1.82) is 0 Å². The van der Waals surface area contributed by atoms with Crippen molar-refractivity contribution in [2.45, 2.75) is 180 Å². The van der Waals surface area contributed by atoms with Crippen LogP contribution in [-0.4, -0.2) is 45.1 Å². The Balaban J connectivity index is 3.92. The lowest BCUT2D eigenvalue weighted by Crippen LogP contribution is -2.30. The number of carboxylic acid groups (broad SMARTS) is 1. The molecule has 3 atom stereocenters. The number of aliphatic hydroxyl groups excluding tert-OH is 2. The normalized spacial score (nSPS) is 14.0. The predicted octanol–water partition coefficient (Wildman–Crippen LogP) is 9.06. The maximum absolute atomic E-state index is 12.5. The van der Waals surface area contributed by atoms with Gasteiger partial charge in [-0.05, 0) is 64.2 Å². The Labute approximate surface area is 257 Å². The fraction of sp³-hybridized carbons (Fsp3) is 0.806. The number of aliphatic carboxylic acids is 1. The third kappa shape index (κ3) is 24.8. The van der Waals surface area contributed by atoms with Crippen molar-refractivity contribution >= 4 is 17.5 Å². The molecular formula is C36H64O6. The molecule has 0 spiro atoms. The van der Waals surface area contributed by atoms with E-state index >= 15 is 0 Å². The van der Waals surface area contributed by atoms with E-state index in [1.54, 1.807) is 0 Å². The summed E-state index contributed by atoms with van der Waals surface area (Å²) in [5, 5.41) is 29.5.